The molecule has 0 radical (unpaired) electrons. The molecule has 2 heterocycles. The number of aromatic nitrogens is 2. The number of H-pyrrole nitrogens is 1. The fourth-order valence-corrected chi connectivity index (χ4v) is 6.09. The van der Waals surface area contributed by atoms with E-state index < -0.39 is 0 Å². The minimum absolute atomic E-state index is 1.18. The van der Waals surface area contributed by atoms with Crippen molar-refractivity contribution in [2.24, 2.45) is 7.05 Å². The summed E-state index contributed by atoms with van der Waals surface area (Å²) in [5.41, 5.74) is 12.3. The van der Waals surface area contributed by atoms with Crippen molar-refractivity contribution in [3.8, 4) is 33.4 Å². The predicted octanol–water partition coefficient (Wildman–Crippen LogP) is 9.97. The van der Waals surface area contributed by atoms with Crippen LogP contribution in [0.3, 0.4) is 0 Å². The lowest BCUT2D eigenvalue weighted by molar-refractivity contribution is 1.01. The number of benzene rings is 6. The fraction of sp³-hybridized carbons (Fsp3) is 0.0270. The lowest BCUT2D eigenvalue weighted by atomic mass is 9.98. The van der Waals surface area contributed by atoms with Crippen LogP contribution in [0.1, 0.15) is 0 Å². The number of para-hydroxylation sites is 1. The second-order valence-corrected chi connectivity index (χ2v) is 10.4. The minimum Gasteiger partial charge on any atom is -0.355 e. The molecule has 0 unspecified atom stereocenters. The third-order valence-corrected chi connectivity index (χ3v) is 8.17. The molecule has 2 aromatic heterocycles. The molecule has 0 amide bonds. The van der Waals surface area contributed by atoms with Gasteiger partial charge in [0.05, 0.1) is 0 Å². The van der Waals surface area contributed by atoms with E-state index in [9.17, 15) is 0 Å². The molecular formula is C37H26N2. The third kappa shape index (κ3) is 3.49. The highest BCUT2D eigenvalue weighted by molar-refractivity contribution is 6.11. The van der Waals surface area contributed by atoms with Gasteiger partial charge < -0.3 is 9.55 Å². The van der Waals surface area contributed by atoms with Crippen LogP contribution in [0.15, 0.2) is 133 Å². The maximum atomic E-state index is 3.54. The Labute approximate surface area is 226 Å². The van der Waals surface area contributed by atoms with Gasteiger partial charge in [0.25, 0.3) is 0 Å². The maximum Gasteiger partial charge on any atom is 0.0489 e. The summed E-state index contributed by atoms with van der Waals surface area (Å²) in [6.45, 7) is 0. The van der Waals surface area contributed by atoms with Gasteiger partial charge in [-0.15, -0.1) is 0 Å². The fourth-order valence-electron chi connectivity index (χ4n) is 6.09. The van der Waals surface area contributed by atoms with Gasteiger partial charge in [0.2, 0.25) is 0 Å². The SMILES string of the molecule is Cn1c2ccc(-c3ccc(-c4ccccc4)cc3)cc2c2cc(-c3ccc4[nH]c5ccccc5c4c3)ccc21. The summed E-state index contributed by atoms with van der Waals surface area (Å²) < 4.78 is 2.31. The van der Waals surface area contributed by atoms with Crippen molar-refractivity contribution in [3.63, 3.8) is 0 Å². The third-order valence-electron chi connectivity index (χ3n) is 8.17. The average molecular weight is 499 g/mol. The highest BCUT2D eigenvalue weighted by Gasteiger charge is 2.12. The van der Waals surface area contributed by atoms with Crippen molar-refractivity contribution in [3.05, 3.63) is 133 Å². The lowest BCUT2D eigenvalue weighted by Crippen LogP contribution is -1.86. The Morgan fingerprint density at radius 1 is 0.385 bits per heavy atom. The van der Waals surface area contributed by atoms with Crippen LogP contribution in [-0.4, -0.2) is 9.55 Å². The molecule has 2 heteroatoms. The second kappa shape index (κ2) is 8.47. The molecular weight excluding hydrogens is 472 g/mol. The van der Waals surface area contributed by atoms with Crippen molar-refractivity contribution in [2.45, 2.75) is 0 Å². The Kier molecular flexibility index (Phi) is 4.77. The lowest BCUT2D eigenvalue weighted by Gasteiger charge is -2.06. The summed E-state index contributed by atoms with van der Waals surface area (Å²) in [7, 11) is 2.16. The zero-order valence-corrected chi connectivity index (χ0v) is 21.6. The molecule has 8 aromatic rings. The summed E-state index contributed by atoms with van der Waals surface area (Å²) in [4.78, 5) is 3.54. The van der Waals surface area contributed by atoms with Gasteiger partial charge >= 0.3 is 0 Å². The van der Waals surface area contributed by atoms with Gasteiger partial charge in [0.15, 0.2) is 0 Å². The number of rotatable bonds is 3. The Morgan fingerprint density at radius 3 is 1.54 bits per heavy atom. The Balaban J connectivity index is 1.24. The summed E-state index contributed by atoms with van der Waals surface area (Å²) in [5.74, 6) is 0. The molecule has 0 saturated heterocycles. The van der Waals surface area contributed by atoms with Crippen molar-refractivity contribution >= 4 is 43.6 Å². The molecule has 0 aliphatic rings. The van der Waals surface area contributed by atoms with E-state index in [1.807, 2.05) is 0 Å². The van der Waals surface area contributed by atoms with E-state index in [1.165, 1.54) is 77.0 Å². The molecule has 0 saturated carbocycles. The molecule has 8 rings (SSSR count). The van der Waals surface area contributed by atoms with Crippen molar-refractivity contribution in [1.29, 1.82) is 0 Å². The quantitative estimate of drug-likeness (QED) is 0.250. The second-order valence-electron chi connectivity index (χ2n) is 10.4. The molecule has 2 nitrogen and oxygen atoms in total. The molecule has 39 heavy (non-hydrogen) atoms. The molecule has 0 fully saturated rings. The van der Waals surface area contributed by atoms with Crippen molar-refractivity contribution < 1.29 is 0 Å². The minimum atomic E-state index is 1.18. The molecule has 0 aliphatic carbocycles. The monoisotopic (exact) mass is 498 g/mol. The van der Waals surface area contributed by atoms with Crippen LogP contribution in [0, 0.1) is 0 Å². The molecule has 6 aromatic carbocycles. The smallest absolute Gasteiger partial charge is 0.0489 e. The van der Waals surface area contributed by atoms with Gasteiger partial charge in [0, 0.05) is 50.7 Å². The van der Waals surface area contributed by atoms with E-state index in [4.69, 9.17) is 0 Å². The highest BCUT2D eigenvalue weighted by Crippen LogP contribution is 2.36. The van der Waals surface area contributed by atoms with Crippen LogP contribution in [0.25, 0.3) is 77.0 Å². The number of nitrogens with zero attached hydrogens (tertiary/aromatic N) is 1. The summed E-state index contributed by atoms with van der Waals surface area (Å²) >= 11 is 0. The number of aryl methyl sites for hydroxylation is 1. The number of nitrogens with one attached hydrogen (secondary N) is 1. The first kappa shape index (κ1) is 22.0. The first-order chi connectivity index (χ1) is 19.2. The van der Waals surface area contributed by atoms with E-state index in [-0.39, 0.29) is 0 Å². The molecule has 1 N–H and O–H groups in total. The Hall–Kier alpha value is -5.08. The molecule has 0 bridgehead atoms. The summed E-state index contributed by atoms with van der Waals surface area (Å²) in [5, 5.41) is 5.10. The average Bonchev–Trinajstić information content (AvgIpc) is 3.51. The number of fused-ring (bicyclic) bond motifs is 6. The Morgan fingerprint density at radius 2 is 0.846 bits per heavy atom. The summed E-state index contributed by atoms with van der Waals surface area (Å²) in [6.07, 6.45) is 0. The molecule has 184 valence electrons. The summed E-state index contributed by atoms with van der Waals surface area (Å²) in [6, 6.07) is 48.4. The van der Waals surface area contributed by atoms with Gasteiger partial charge in [-0.2, -0.15) is 0 Å². The number of hydrogen-bond donors (Lipinski definition) is 1. The van der Waals surface area contributed by atoms with E-state index >= 15 is 0 Å². The van der Waals surface area contributed by atoms with Crippen LogP contribution in [0.5, 0.6) is 0 Å². The molecule has 0 aliphatic heterocycles. The van der Waals surface area contributed by atoms with Crippen LogP contribution in [0.4, 0.5) is 0 Å². The van der Waals surface area contributed by atoms with Gasteiger partial charge in [-0.1, -0.05) is 91.0 Å². The predicted molar refractivity (Wildman–Crippen MR) is 166 cm³/mol. The van der Waals surface area contributed by atoms with E-state index in [0.717, 1.165) is 0 Å². The van der Waals surface area contributed by atoms with Gasteiger partial charge in [-0.05, 0) is 75.8 Å². The van der Waals surface area contributed by atoms with Crippen LogP contribution in [-0.2, 0) is 7.05 Å². The first-order valence-electron chi connectivity index (χ1n) is 13.4. The maximum absolute atomic E-state index is 3.54. The molecule has 0 spiro atoms. The van der Waals surface area contributed by atoms with Crippen LogP contribution >= 0.6 is 0 Å². The zero-order valence-electron chi connectivity index (χ0n) is 21.6. The first-order valence-corrected chi connectivity index (χ1v) is 13.4. The van der Waals surface area contributed by atoms with Crippen molar-refractivity contribution in [2.75, 3.05) is 0 Å². The van der Waals surface area contributed by atoms with E-state index in [1.54, 1.807) is 0 Å². The standard InChI is InChI=1S/C37H26N2/c1-39-36-19-16-27(26-13-11-25(12-14-26)24-7-3-2-4-8-24)22-32(36)33-23-29(17-20-37(33)39)28-15-18-35-31(21-28)30-9-5-6-10-34(30)38-35/h2-23,38H,1H3. The van der Waals surface area contributed by atoms with E-state index in [0.29, 0.717) is 0 Å². The van der Waals surface area contributed by atoms with E-state index in [2.05, 4.69) is 150 Å². The van der Waals surface area contributed by atoms with Crippen molar-refractivity contribution in [1.82, 2.24) is 9.55 Å². The van der Waals surface area contributed by atoms with Gasteiger partial charge in [-0.25, -0.2) is 0 Å². The topological polar surface area (TPSA) is 20.7 Å². The van der Waals surface area contributed by atoms with Crippen LogP contribution < -0.4 is 0 Å². The zero-order chi connectivity index (χ0) is 25.9. The number of aromatic amines is 1. The molecule has 0 atom stereocenters. The van der Waals surface area contributed by atoms with Gasteiger partial charge in [-0.3, -0.25) is 0 Å². The van der Waals surface area contributed by atoms with Gasteiger partial charge in [0.1, 0.15) is 0 Å². The Bertz CT molecular complexity index is 2160. The number of hydrogen-bond acceptors (Lipinski definition) is 0. The highest BCUT2D eigenvalue weighted by atomic mass is 14.9. The van der Waals surface area contributed by atoms with Crippen LogP contribution in [0.2, 0.25) is 0 Å². The normalized spacial score (nSPS) is 11.7. The largest absolute Gasteiger partial charge is 0.355 e.